The first-order valence-electron chi connectivity index (χ1n) is 5.48. The van der Waals surface area contributed by atoms with E-state index in [1.165, 1.54) is 17.8 Å². The quantitative estimate of drug-likeness (QED) is 0.663. The first kappa shape index (κ1) is 13.8. The highest BCUT2D eigenvalue weighted by molar-refractivity contribution is 7.98. The fourth-order valence-electron chi connectivity index (χ4n) is 1.61. The maximum atomic E-state index is 10.9. The summed E-state index contributed by atoms with van der Waals surface area (Å²) in [5, 5.41) is 9.55. The Bertz CT molecular complexity index is 624. The molecule has 0 aliphatic carbocycles. The second kappa shape index (κ2) is 5.59. The number of carboxylic acid groups (broad SMARTS) is 1. The van der Waals surface area contributed by atoms with Gasteiger partial charge in [0.05, 0.1) is 5.75 Å². The summed E-state index contributed by atoms with van der Waals surface area (Å²) in [6.45, 7) is 1.63. The SMILES string of the molecule is Cc1oc(CSc2cc(Cl)ccc2N)cc1C(=O)O. The summed E-state index contributed by atoms with van der Waals surface area (Å²) in [6.07, 6.45) is 0. The lowest BCUT2D eigenvalue weighted by molar-refractivity contribution is 0.0695. The van der Waals surface area contributed by atoms with Gasteiger partial charge in [-0.2, -0.15) is 0 Å². The van der Waals surface area contributed by atoms with Gasteiger partial charge < -0.3 is 15.3 Å². The number of furan rings is 1. The van der Waals surface area contributed by atoms with Crippen LogP contribution in [0.5, 0.6) is 0 Å². The topological polar surface area (TPSA) is 76.5 Å². The molecule has 1 aromatic heterocycles. The van der Waals surface area contributed by atoms with Crippen molar-refractivity contribution in [1.29, 1.82) is 0 Å². The Balaban J connectivity index is 2.12. The maximum absolute atomic E-state index is 10.9. The van der Waals surface area contributed by atoms with Gasteiger partial charge in [0.1, 0.15) is 17.1 Å². The predicted octanol–water partition coefficient (Wildman–Crippen LogP) is 3.81. The minimum absolute atomic E-state index is 0.190. The van der Waals surface area contributed by atoms with Gasteiger partial charge in [0.15, 0.2) is 0 Å². The number of nitrogens with two attached hydrogens (primary N) is 1. The van der Waals surface area contributed by atoms with Gasteiger partial charge in [-0.15, -0.1) is 11.8 Å². The summed E-state index contributed by atoms with van der Waals surface area (Å²) in [5.41, 5.74) is 6.66. The second-order valence-electron chi connectivity index (χ2n) is 3.96. The Kier molecular flexibility index (Phi) is 4.07. The molecule has 0 spiro atoms. The number of benzene rings is 1. The molecule has 2 rings (SSSR count). The lowest BCUT2D eigenvalue weighted by atomic mass is 10.2. The van der Waals surface area contributed by atoms with Crippen LogP contribution in [0.3, 0.4) is 0 Å². The van der Waals surface area contributed by atoms with Gasteiger partial charge >= 0.3 is 5.97 Å². The molecule has 0 unspecified atom stereocenters. The number of hydrogen-bond donors (Lipinski definition) is 2. The second-order valence-corrected chi connectivity index (χ2v) is 5.41. The van der Waals surface area contributed by atoms with Crippen LogP contribution in [0.25, 0.3) is 0 Å². The summed E-state index contributed by atoms with van der Waals surface area (Å²) >= 11 is 7.35. The van der Waals surface area contributed by atoms with Crippen molar-refractivity contribution in [3.63, 3.8) is 0 Å². The molecule has 19 heavy (non-hydrogen) atoms. The van der Waals surface area contributed by atoms with Crippen molar-refractivity contribution in [2.45, 2.75) is 17.6 Å². The van der Waals surface area contributed by atoms with E-state index < -0.39 is 5.97 Å². The van der Waals surface area contributed by atoms with Gasteiger partial charge in [0.25, 0.3) is 0 Å². The predicted molar refractivity (Wildman–Crippen MR) is 75.8 cm³/mol. The van der Waals surface area contributed by atoms with Crippen LogP contribution < -0.4 is 5.73 Å². The van der Waals surface area contributed by atoms with Crippen LogP contribution in [0.4, 0.5) is 5.69 Å². The number of carboxylic acids is 1. The molecule has 0 saturated carbocycles. The summed E-state index contributed by atoms with van der Waals surface area (Å²) in [7, 11) is 0. The number of rotatable bonds is 4. The third kappa shape index (κ3) is 3.24. The van der Waals surface area contributed by atoms with E-state index in [0.717, 1.165) is 4.90 Å². The number of carbonyl (C=O) groups is 1. The Labute approximate surface area is 119 Å². The number of hydrogen-bond acceptors (Lipinski definition) is 4. The Morgan fingerprint density at radius 1 is 1.47 bits per heavy atom. The summed E-state index contributed by atoms with van der Waals surface area (Å²) in [5.74, 6) is 0.514. The minimum Gasteiger partial charge on any atom is -0.478 e. The fourth-order valence-corrected chi connectivity index (χ4v) is 2.73. The van der Waals surface area contributed by atoms with Crippen molar-refractivity contribution >= 4 is 35.0 Å². The van der Waals surface area contributed by atoms with Gasteiger partial charge in [0.2, 0.25) is 0 Å². The van der Waals surface area contributed by atoms with Crippen molar-refractivity contribution in [3.8, 4) is 0 Å². The zero-order chi connectivity index (χ0) is 14.0. The number of anilines is 1. The lowest BCUT2D eigenvalue weighted by Crippen LogP contribution is -1.94. The van der Waals surface area contributed by atoms with Crippen LogP contribution in [-0.2, 0) is 5.75 Å². The van der Waals surface area contributed by atoms with E-state index >= 15 is 0 Å². The molecule has 0 bridgehead atoms. The summed E-state index contributed by atoms with van der Waals surface area (Å²) in [4.78, 5) is 11.7. The van der Waals surface area contributed by atoms with E-state index in [9.17, 15) is 4.79 Å². The van der Waals surface area contributed by atoms with Crippen molar-refractivity contribution in [2.75, 3.05) is 5.73 Å². The number of aromatic carboxylic acids is 1. The van der Waals surface area contributed by atoms with Crippen LogP contribution in [0, 0.1) is 6.92 Å². The van der Waals surface area contributed by atoms with Gasteiger partial charge in [-0.1, -0.05) is 11.6 Å². The van der Waals surface area contributed by atoms with Crippen LogP contribution >= 0.6 is 23.4 Å². The molecule has 3 N–H and O–H groups in total. The molecule has 0 atom stereocenters. The number of aryl methyl sites for hydroxylation is 1. The zero-order valence-electron chi connectivity index (χ0n) is 10.1. The largest absolute Gasteiger partial charge is 0.478 e. The lowest BCUT2D eigenvalue weighted by Gasteiger charge is -2.04. The van der Waals surface area contributed by atoms with Gasteiger partial charge in [-0.25, -0.2) is 4.79 Å². The monoisotopic (exact) mass is 297 g/mol. The Morgan fingerprint density at radius 3 is 2.84 bits per heavy atom. The summed E-state index contributed by atoms with van der Waals surface area (Å²) in [6, 6.07) is 6.77. The first-order chi connectivity index (χ1) is 8.97. The van der Waals surface area contributed by atoms with Crippen molar-refractivity contribution < 1.29 is 14.3 Å². The third-order valence-corrected chi connectivity index (χ3v) is 3.87. The molecule has 0 saturated heterocycles. The van der Waals surface area contributed by atoms with Crippen molar-refractivity contribution in [2.24, 2.45) is 0 Å². The number of nitrogen functional groups attached to an aromatic ring is 1. The highest BCUT2D eigenvalue weighted by Gasteiger charge is 2.14. The molecule has 2 aromatic rings. The highest BCUT2D eigenvalue weighted by Crippen LogP contribution is 2.31. The van der Waals surface area contributed by atoms with E-state index in [0.29, 0.717) is 28.0 Å². The van der Waals surface area contributed by atoms with E-state index in [1.807, 2.05) is 0 Å². The molecular weight excluding hydrogens is 286 g/mol. The van der Waals surface area contributed by atoms with Gasteiger partial charge in [0, 0.05) is 15.6 Å². The third-order valence-electron chi connectivity index (χ3n) is 2.54. The molecule has 0 aliphatic rings. The first-order valence-corrected chi connectivity index (χ1v) is 6.84. The van der Waals surface area contributed by atoms with E-state index in [1.54, 1.807) is 25.1 Å². The molecule has 1 aromatic carbocycles. The Morgan fingerprint density at radius 2 is 2.21 bits per heavy atom. The van der Waals surface area contributed by atoms with Crippen LogP contribution in [0.15, 0.2) is 33.6 Å². The smallest absolute Gasteiger partial charge is 0.339 e. The van der Waals surface area contributed by atoms with Crippen LogP contribution in [0.1, 0.15) is 21.9 Å². The molecular formula is C13H12ClNO3S. The standard InChI is InChI=1S/C13H12ClNO3S/c1-7-10(13(16)17)5-9(18-7)6-19-12-4-8(14)2-3-11(12)15/h2-5H,6,15H2,1H3,(H,16,17). The molecule has 100 valence electrons. The van der Waals surface area contributed by atoms with Gasteiger partial charge in [-0.05, 0) is 31.2 Å². The molecule has 4 nitrogen and oxygen atoms in total. The molecule has 1 heterocycles. The minimum atomic E-state index is -0.986. The average Bonchev–Trinajstić information content (AvgIpc) is 2.72. The molecule has 0 radical (unpaired) electrons. The van der Waals surface area contributed by atoms with E-state index in [2.05, 4.69) is 0 Å². The Hall–Kier alpha value is -1.59. The van der Waals surface area contributed by atoms with Crippen LogP contribution in [0.2, 0.25) is 5.02 Å². The molecule has 0 amide bonds. The highest BCUT2D eigenvalue weighted by atomic mass is 35.5. The summed E-state index contributed by atoms with van der Waals surface area (Å²) < 4.78 is 5.39. The van der Waals surface area contributed by atoms with Crippen molar-refractivity contribution in [1.82, 2.24) is 0 Å². The number of halogens is 1. The van der Waals surface area contributed by atoms with E-state index in [-0.39, 0.29) is 5.56 Å². The molecule has 6 heteroatoms. The average molecular weight is 298 g/mol. The van der Waals surface area contributed by atoms with Gasteiger partial charge in [-0.3, -0.25) is 0 Å². The van der Waals surface area contributed by atoms with E-state index in [4.69, 9.17) is 26.9 Å². The molecule has 0 fully saturated rings. The molecule has 0 aliphatic heterocycles. The maximum Gasteiger partial charge on any atom is 0.339 e. The fraction of sp³-hybridized carbons (Fsp3) is 0.154. The number of thioether (sulfide) groups is 1. The zero-order valence-corrected chi connectivity index (χ0v) is 11.7. The normalized spacial score (nSPS) is 10.6. The van der Waals surface area contributed by atoms with Crippen LogP contribution in [-0.4, -0.2) is 11.1 Å². The van der Waals surface area contributed by atoms with Crippen molar-refractivity contribution in [3.05, 3.63) is 46.4 Å².